The summed E-state index contributed by atoms with van der Waals surface area (Å²) in [6.07, 6.45) is -8.61. The summed E-state index contributed by atoms with van der Waals surface area (Å²) < 4.78 is 67.3. The second-order valence-electron chi connectivity index (χ2n) is 10.3. The Hall–Kier alpha value is -2.94. The van der Waals surface area contributed by atoms with E-state index in [1.807, 2.05) is 0 Å². The maximum atomic E-state index is 13.6. The van der Waals surface area contributed by atoms with Gasteiger partial charge in [0.05, 0.1) is 36.9 Å². The highest BCUT2D eigenvalue weighted by molar-refractivity contribution is 7.79. The molecule has 3 aromatic heterocycles. The van der Waals surface area contributed by atoms with Gasteiger partial charge in [-0.1, -0.05) is 12.1 Å². The SMILES string of the molecule is [B]P1(=O)OC[C@H]2O[C@@H](n3cnc4ccccc43)[C@@H](O)C2OP(=O)(N=S)OC[C@H]2O[C@@H](n3cnc4c(=O)[nH]c(N)nc43)[C@@H](O1)C2O. The molecule has 1 aromatic carbocycles. The van der Waals surface area contributed by atoms with Crippen LogP contribution in [0.15, 0.2) is 45.8 Å². The molecule has 0 spiro atoms. The molecule has 4 aromatic rings. The number of imidazole rings is 2. The summed E-state index contributed by atoms with van der Waals surface area (Å²) in [5.41, 5.74) is 6.10. The Labute approximate surface area is 258 Å². The van der Waals surface area contributed by atoms with Gasteiger partial charge in [-0.25, -0.2) is 14.5 Å². The maximum absolute atomic E-state index is 13.6. The number of hydrogen-bond acceptors (Lipinski definition) is 16. The smallest absolute Gasteiger partial charge is 0.387 e. The largest absolute Gasteiger partial charge is 0.465 e. The summed E-state index contributed by atoms with van der Waals surface area (Å²) in [6.45, 7) is -1.26. The molecule has 0 amide bonds. The molecular formula is C22H23BN8O11P2S. The third-order valence-electron chi connectivity index (χ3n) is 7.55. The third kappa shape index (κ3) is 5.47. The van der Waals surface area contributed by atoms with E-state index in [9.17, 15) is 24.1 Å². The van der Waals surface area contributed by atoms with Gasteiger partial charge >= 0.3 is 7.75 Å². The lowest BCUT2D eigenvalue weighted by Gasteiger charge is -2.27. The highest BCUT2D eigenvalue weighted by Crippen LogP contribution is 2.56. The van der Waals surface area contributed by atoms with Gasteiger partial charge in [-0.15, -0.1) is 4.13 Å². The number of aliphatic hydroxyl groups is 2. The van der Waals surface area contributed by atoms with E-state index in [1.165, 1.54) is 21.8 Å². The van der Waals surface area contributed by atoms with Crippen LogP contribution in [0.2, 0.25) is 0 Å². The number of nitrogen functional groups attached to an aromatic ring is 1. The van der Waals surface area contributed by atoms with Gasteiger partial charge in [-0.05, 0) is 12.1 Å². The van der Waals surface area contributed by atoms with Gasteiger partial charge in [-0.3, -0.25) is 28.0 Å². The van der Waals surface area contributed by atoms with Crippen LogP contribution in [0.3, 0.4) is 0 Å². The van der Waals surface area contributed by atoms with Gasteiger partial charge in [0, 0.05) is 12.4 Å². The molecule has 4 unspecified atom stereocenters. The number of aliphatic hydroxyl groups excluding tert-OH is 2. The summed E-state index contributed by atoms with van der Waals surface area (Å²) in [5, 5.41) is 22.4. The number of nitrogens with two attached hydrogens (primary N) is 1. The van der Waals surface area contributed by atoms with Gasteiger partial charge in [-0.2, -0.15) is 4.98 Å². The average molecular weight is 680 g/mol. The van der Waals surface area contributed by atoms with Crippen molar-refractivity contribution in [2.45, 2.75) is 49.1 Å². The quantitative estimate of drug-likeness (QED) is 0.167. The number of nitrogens with one attached hydrogen (secondary N) is 1. The number of ether oxygens (including phenoxy) is 2. The molecule has 5 N–H and O–H groups in total. The minimum absolute atomic E-state index is 0.0543. The van der Waals surface area contributed by atoms with E-state index in [2.05, 4.69) is 24.1 Å². The van der Waals surface area contributed by atoms with Crippen LogP contribution in [-0.2, 0) is 49.1 Å². The van der Waals surface area contributed by atoms with Crippen molar-refractivity contribution in [3.05, 3.63) is 47.3 Å². The molecule has 19 nitrogen and oxygen atoms in total. The van der Waals surface area contributed by atoms with Crippen LogP contribution < -0.4 is 11.3 Å². The highest BCUT2D eigenvalue weighted by atomic mass is 32.1. The van der Waals surface area contributed by atoms with E-state index in [1.54, 1.807) is 24.3 Å². The maximum Gasteiger partial charge on any atom is 0.465 e. The number of aromatic nitrogens is 6. The Balaban J connectivity index is 1.22. The molecule has 3 saturated heterocycles. The van der Waals surface area contributed by atoms with Crippen LogP contribution in [0, 0.1) is 0 Å². The van der Waals surface area contributed by atoms with Crippen molar-refractivity contribution < 1.29 is 46.9 Å². The van der Waals surface area contributed by atoms with E-state index in [-0.39, 0.29) is 17.1 Å². The van der Waals surface area contributed by atoms with E-state index >= 15 is 0 Å². The standard InChI is InChI=1S/C22H23BN8O11P2S/c23-43(35)37-6-12-16(15(33)20(40-12)30-7-25-9-3-1-2-4-10(9)30)42-44(36,29-45)38-5-11-14(32)17(41-43)21(39-11)31-8-26-13-18(31)27-22(24)28-19(13)34/h1-4,7-8,11-12,14-17,20-21,32-33H,5-6H2,(H3,24,27,28,34)/t11-,12-,14?,15+,16?,17+,20-,21-,43?,44?/m1/s1. The molecule has 0 saturated carbocycles. The van der Waals surface area contributed by atoms with Crippen LogP contribution in [0.4, 0.5) is 5.95 Å². The third-order valence-corrected chi connectivity index (χ3v) is 10.4. The number of aromatic amines is 1. The van der Waals surface area contributed by atoms with Gasteiger partial charge in [0.15, 0.2) is 23.6 Å². The van der Waals surface area contributed by atoms with Crippen LogP contribution in [0.25, 0.3) is 22.2 Å². The number of rotatable bonds is 3. The average Bonchev–Trinajstić information content (AvgIpc) is 3.76. The number of fused-ring (bicyclic) bond motifs is 5. The number of nitrogens with zero attached hydrogens (tertiary/aromatic N) is 6. The molecule has 23 heteroatoms. The Morgan fingerprint density at radius 2 is 1.73 bits per heavy atom. The van der Waals surface area contributed by atoms with Crippen molar-refractivity contribution in [3.63, 3.8) is 0 Å². The van der Waals surface area contributed by atoms with Crippen molar-refractivity contribution >= 4 is 63.4 Å². The Morgan fingerprint density at radius 1 is 1.00 bits per heavy atom. The normalized spacial score (nSPS) is 37.6. The lowest BCUT2D eigenvalue weighted by Crippen LogP contribution is -2.36. The zero-order chi connectivity index (χ0) is 31.7. The summed E-state index contributed by atoms with van der Waals surface area (Å²) in [4.78, 5) is 27.0. The van der Waals surface area contributed by atoms with Gasteiger partial charge in [0.25, 0.3) is 13.0 Å². The monoisotopic (exact) mass is 680 g/mol. The second-order valence-corrected chi connectivity index (χ2v) is 14.0. The summed E-state index contributed by atoms with van der Waals surface area (Å²) in [7, 11) is -3.15. The fraction of sp³-hybridized carbons (Fsp3) is 0.455. The van der Waals surface area contributed by atoms with Gasteiger partial charge < -0.3 is 39.0 Å². The molecule has 2 radical (unpaired) electrons. The number of para-hydroxylation sites is 2. The first-order chi connectivity index (χ1) is 21.5. The second kappa shape index (κ2) is 11.4. The molecule has 6 heterocycles. The summed E-state index contributed by atoms with van der Waals surface area (Å²) >= 11 is 4.73. The summed E-state index contributed by atoms with van der Waals surface area (Å²) in [5.74, 6) is -0.236. The molecule has 3 aliphatic rings. The molecule has 0 aliphatic carbocycles. The van der Waals surface area contributed by atoms with E-state index in [0.717, 1.165) is 0 Å². The van der Waals surface area contributed by atoms with E-state index < -0.39 is 83.1 Å². The molecule has 10 atom stereocenters. The molecular weight excluding hydrogens is 657 g/mol. The topological polar surface area (TPSA) is 250 Å². The van der Waals surface area contributed by atoms with Crippen molar-refractivity contribution in [1.82, 2.24) is 29.1 Å². The van der Waals surface area contributed by atoms with Crippen LogP contribution >= 0.6 is 15.2 Å². The minimum Gasteiger partial charge on any atom is -0.387 e. The zero-order valence-corrected chi connectivity index (χ0v) is 25.3. The van der Waals surface area contributed by atoms with Gasteiger partial charge in [0.2, 0.25) is 13.5 Å². The number of hydrogen-bond donors (Lipinski definition) is 4. The van der Waals surface area contributed by atoms with Crippen molar-refractivity contribution in [2.24, 2.45) is 4.13 Å². The molecule has 236 valence electrons. The molecule has 2 bridgehead atoms. The predicted molar refractivity (Wildman–Crippen MR) is 155 cm³/mol. The number of H-pyrrole nitrogens is 1. The Morgan fingerprint density at radius 3 is 2.53 bits per heavy atom. The fourth-order valence-electron chi connectivity index (χ4n) is 5.49. The van der Waals surface area contributed by atoms with Crippen molar-refractivity contribution in [1.29, 1.82) is 0 Å². The lowest BCUT2D eigenvalue weighted by molar-refractivity contribution is -0.0585. The first kappa shape index (κ1) is 30.7. The molecule has 3 fully saturated rings. The zero-order valence-electron chi connectivity index (χ0n) is 22.7. The number of anilines is 1. The molecule has 3 aliphatic heterocycles. The number of benzene rings is 1. The van der Waals surface area contributed by atoms with E-state index in [4.69, 9.17) is 53.3 Å². The van der Waals surface area contributed by atoms with Crippen LogP contribution in [0.5, 0.6) is 0 Å². The van der Waals surface area contributed by atoms with Gasteiger partial charge in [0.1, 0.15) is 36.6 Å². The minimum atomic E-state index is -4.56. The first-order valence-corrected chi connectivity index (χ1v) is 16.7. The Kier molecular flexibility index (Phi) is 7.77. The summed E-state index contributed by atoms with van der Waals surface area (Å²) in [6, 6.07) is 7.06. The van der Waals surface area contributed by atoms with E-state index in [0.29, 0.717) is 11.0 Å². The van der Waals surface area contributed by atoms with Crippen LogP contribution in [-0.4, -0.2) is 96.7 Å². The Bertz CT molecular complexity index is 1940. The predicted octanol–water partition coefficient (Wildman–Crippen LogP) is 0.201. The first-order valence-electron chi connectivity index (χ1n) is 13.3. The lowest BCUT2D eigenvalue weighted by atomic mass is 10.1. The van der Waals surface area contributed by atoms with Crippen molar-refractivity contribution in [3.8, 4) is 0 Å². The van der Waals surface area contributed by atoms with Crippen LogP contribution in [0.1, 0.15) is 12.5 Å². The highest BCUT2D eigenvalue weighted by Gasteiger charge is 2.53. The van der Waals surface area contributed by atoms with Crippen molar-refractivity contribution in [2.75, 3.05) is 18.9 Å². The molecule has 45 heavy (non-hydrogen) atoms. The fourth-order valence-corrected chi connectivity index (χ4v) is 7.78. The molecule has 7 rings (SSSR count).